The fourth-order valence-corrected chi connectivity index (χ4v) is 3.77. The van der Waals surface area contributed by atoms with Crippen molar-refractivity contribution in [2.24, 2.45) is 5.92 Å². The molecule has 1 aliphatic heterocycles. The number of anilines is 1. The molecule has 5 heteroatoms. The number of fused-ring (bicyclic) bond motifs is 1. The van der Waals surface area contributed by atoms with Gasteiger partial charge in [-0.05, 0) is 43.2 Å². The van der Waals surface area contributed by atoms with Gasteiger partial charge < -0.3 is 20.6 Å². The van der Waals surface area contributed by atoms with Crippen LogP contribution in [0.1, 0.15) is 37.2 Å². The molecule has 2 aliphatic rings. The van der Waals surface area contributed by atoms with Gasteiger partial charge in [-0.3, -0.25) is 0 Å². The van der Waals surface area contributed by atoms with Crippen LogP contribution in [0.4, 0.5) is 10.5 Å². The number of carbonyl (C=O) groups excluding carboxylic acids is 1. The Morgan fingerprint density at radius 2 is 2.00 bits per heavy atom. The minimum Gasteiger partial charge on any atom is -0.393 e. The molecule has 5 nitrogen and oxygen atoms in total. The monoisotopic (exact) mass is 317 g/mol. The summed E-state index contributed by atoms with van der Waals surface area (Å²) < 4.78 is 0. The van der Waals surface area contributed by atoms with Crippen LogP contribution in [-0.4, -0.2) is 43.9 Å². The number of nitrogens with zero attached hydrogens (tertiary/aromatic N) is 1. The molecule has 1 saturated carbocycles. The second kappa shape index (κ2) is 7.21. The molecular weight excluding hydrogens is 290 g/mol. The molecule has 1 heterocycles. The van der Waals surface area contributed by atoms with Crippen LogP contribution in [0, 0.1) is 5.92 Å². The smallest absolute Gasteiger partial charge is 0.314 e. The van der Waals surface area contributed by atoms with Gasteiger partial charge >= 0.3 is 6.03 Å². The molecule has 1 aromatic carbocycles. The number of aliphatic hydroxyl groups is 1. The quantitative estimate of drug-likeness (QED) is 0.796. The molecule has 0 aromatic heterocycles. The number of carbonyl (C=O) groups is 1. The van der Waals surface area contributed by atoms with Crippen LogP contribution in [0.3, 0.4) is 0 Å². The highest BCUT2D eigenvalue weighted by Crippen LogP contribution is 2.33. The van der Waals surface area contributed by atoms with Gasteiger partial charge in [0.1, 0.15) is 0 Å². The largest absolute Gasteiger partial charge is 0.393 e. The van der Waals surface area contributed by atoms with Crippen LogP contribution in [0.15, 0.2) is 24.3 Å². The topological polar surface area (TPSA) is 64.6 Å². The zero-order chi connectivity index (χ0) is 16.2. The van der Waals surface area contributed by atoms with Gasteiger partial charge in [-0.15, -0.1) is 0 Å². The maximum atomic E-state index is 12.0. The van der Waals surface area contributed by atoms with E-state index in [1.54, 1.807) is 0 Å². The number of amides is 2. The third-order valence-electron chi connectivity index (χ3n) is 5.17. The molecule has 126 valence electrons. The van der Waals surface area contributed by atoms with Crippen LogP contribution >= 0.6 is 0 Å². The lowest BCUT2D eigenvalue weighted by atomic mass is 9.90. The van der Waals surface area contributed by atoms with Gasteiger partial charge in [0.2, 0.25) is 0 Å². The minimum atomic E-state index is -0.180. The molecule has 3 N–H and O–H groups in total. The Kier molecular flexibility index (Phi) is 5.06. The maximum absolute atomic E-state index is 12.0. The second-order valence-electron chi connectivity index (χ2n) is 6.89. The first-order valence-electron chi connectivity index (χ1n) is 8.63. The minimum absolute atomic E-state index is 0.0946. The molecule has 23 heavy (non-hydrogen) atoms. The van der Waals surface area contributed by atoms with E-state index >= 15 is 0 Å². The van der Waals surface area contributed by atoms with Gasteiger partial charge in [-0.1, -0.05) is 18.2 Å². The highest BCUT2D eigenvalue weighted by Gasteiger charge is 2.24. The number of benzene rings is 1. The molecule has 0 bridgehead atoms. The highest BCUT2D eigenvalue weighted by atomic mass is 16.3. The Hall–Kier alpha value is -1.75. The Morgan fingerprint density at radius 1 is 1.22 bits per heavy atom. The predicted octanol–water partition coefficient (Wildman–Crippen LogP) is 2.07. The normalized spacial score (nSPS) is 26.7. The number of nitrogens with one attached hydrogen (secondary N) is 2. The summed E-state index contributed by atoms with van der Waals surface area (Å²) in [5.41, 5.74) is 2.59. The van der Waals surface area contributed by atoms with Crippen LogP contribution in [-0.2, 0) is 0 Å². The van der Waals surface area contributed by atoms with Crippen molar-refractivity contribution in [3.8, 4) is 0 Å². The lowest BCUT2D eigenvalue weighted by Gasteiger charge is -2.33. The molecule has 1 aromatic rings. The summed E-state index contributed by atoms with van der Waals surface area (Å²) in [6.45, 7) is 2.35. The molecule has 3 atom stereocenters. The van der Waals surface area contributed by atoms with E-state index in [1.807, 2.05) is 0 Å². The van der Waals surface area contributed by atoms with E-state index in [0.717, 1.165) is 32.2 Å². The first kappa shape index (κ1) is 16.1. The zero-order valence-electron chi connectivity index (χ0n) is 13.8. The van der Waals surface area contributed by atoms with Crippen LogP contribution in [0.25, 0.3) is 0 Å². The molecule has 0 spiro atoms. The number of rotatable bonds is 4. The Labute approximate surface area is 138 Å². The molecule has 0 radical (unpaired) electrons. The average Bonchev–Trinajstić information content (AvgIpc) is 2.98. The van der Waals surface area contributed by atoms with Crippen LogP contribution in [0.2, 0.25) is 0 Å². The number of para-hydroxylation sites is 1. The molecule has 3 rings (SSSR count). The van der Waals surface area contributed by atoms with Crippen molar-refractivity contribution >= 4 is 11.7 Å². The second-order valence-corrected chi connectivity index (χ2v) is 6.89. The Morgan fingerprint density at radius 3 is 2.78 bits per heavy atom. The summed E-state index contributed by atoms with van der Waals surface area (Å²) in [5.74, 6) is 0.793. The van der Waals surface area contributed by atoms with Crippen LogP contribution in [0.5, 0.6) is 0 Å². The van der Waals surface area contributed by atoms with E-state index in [-0.39, 0.29) is 12.1 Å². The van der Waals surface area contributed by atoms with Gasteiger partial charge in [0.15, 0.2) is 0 Å². The van der Waals surface area contributed by atoms with Gasteiger partial charge in [-0.2, -0.15) is 0 Å². The number of urea groups is 1. The fraction of sp³-hybridized carbons (Fsp3) is 0.611. The molecule has 1 fully saturated rings. The molecule has 2 amide bonds. The van der Waals surface area contributed by atoms with Gasteiger partial charge in [0, 0.05) is 38.3 Å². The van der Waals surface area contributed by atoms with Crippen molar-refractivity contribution in [1.82, 2.24) is 10.6 Å². The molecule has 1 aliphatic carbocycles. The standard InChI is InChI=1S/C18H27N3O2/c1-21-9-8-14(16-4-2-3-5-17(16)21)12-20-18(23)19-11-13-6-7-15(22)10-13/h2-5,13-15,22H,6-12H2,1H3,(H2,19,20,23). The maximum Gasteiger partial charge on any atom is 0.314 e. The van der Waals surface area contributed by atoms with Crippen molar-refractivity contribution in [1.29, 1.82) is 0 Å². The Bertz CT molecular complexity index is 549. The van der Waals surface area contributed by atoms with Gasteiger partial charge in [0.25, 0.3) is 0 Å². The molecular formula is C18H27N3O2. The van der Waals surface area contributed by atoms with Gasteiger partial charge in [0.05, 0.1) is 6.10 Å². The van der Waals surface area contributed by atoms with E-state index in [9.17, 15) is 9.90 Å². The summed E-state index contributed by atoms with van der Waals surface area (Å²) in [4.78, 5) is 14.3. The first-order valence-corrected chi connectivity index (χ1v) is 8.63. The van der Waals surface area contributed by atoms with Crippen molar-refractivity contribution in [2.75, 3.05) is 31.6 Å². The summed E-state index contributed by atoms with van der Waals surface area (Å²) in [7, 11) is 2.12. The van der Waals surface area contributed by atoms with E-state index in [4.69, 9.17) is 0 Å². The van der Waals surface area contributed by atoms with Crippen molar-refractivity contribution in [3.05, 3.63) is 29.8 Å². The van der Waals surface area contributed by atoms with Crippen molar-refractivity contribution in [2.45, 2.75) is 37.7 Å². The summed E-state index contributed by atoms with van der Waals surface area (Å²) in [6, 6.07) is 8.34. The zero-order valence-corrected chi connectivity index (χ0v) is 13.8. The third kappa shape index (κ3) is 3.96. The van der Waals surface area contributed by atoms with E-state index < -0.39 is 0 Å². The number of hydrogen-bond donors (Lipinski definition) is 3. The summed E-state index contributed by atoms with van der Waals surface area (Å²) in [5, 5.41) is 15.5. The van der Waals surface area contributed by atoms with Gasteiger partial charge in [-0.25, -0.2) is 4.79 Å². The van der Waals surface area contributed by atoms with Crippen molar-refractivity contribution < 1.29 is 9.90 Å². The highest BCUT2D eigenvalue weighted by molar-refractivity contribution is 5.74. The van der Waals surface area contributed by atoms with Crippen LogP contribution < -0.4 is 15.5 Å². The van der Waals surface area contributed by atoms with E-state index in [0.29, 0.717) is 24.9 Å². The Balaban J connectivity index is 1.47. The first-order chi connectivity index (χ1) is 11.1. The predicted molar refractivity (Wildman–Crippen MR) is 91.8 cm³/mol. The SMILES string of the molecule is CN1CCC(CNC(=O)NCC2CCC(O)C2)c2ccccc21. The summed E-state index contributed by atoms with van der Waals surface area (Å²) in [6.07, 6.45) is 3.55. The lowest BCUT2D eigenvalue weighted by molar-refractivity contribution is 0.177. The third-order valence-corrected chi connectivity index (χ3v) is 5.17. The average molecular weight is 317 g/mol. The number of aliphatic hydroxyl groups excluding tert-OH is 1. The van der Waals surface area contributed by atoms with Crippen molar-refractivity contribution in [3.63, 3.8) is 0 Å². The van der Waals surface area contributed by atoms with E-state index in [1.165, 1.54) is 11.3 Å². The van der Waals surface area contributed by atoms with E-state index in [2.05, 4.69) is 46.8 Å². The molecule has 3 unspecified atom stereocenters. The fourth-order valence-electron chi connectivity index (χ4n) is 3.77. The molecule has 0 saturated heterocycles. The number of hydrogen-bond acceptors (Lipinski definition) is 3. The lowest BCUT2D eigenvalue weighted by Crippen LogP contribution is -2.41. The summed E-state index contributed by atoms with van der Waals surface area (Å²) >= 11 is 0.